The van der Waals surface area contributed by atoms with Gasteiger partial charge in [-0.25, -0.2) is 14.6 Å². The van der Waals surface area contributed by atoms with E-state index in [0.29, 0.717) is 55.2 Å². The predicted octanol–water partition coefficient (Wildman–Crippen LogP) is 4.37. The van der Waals surface area contributed by atoms with Gasteiger partial charge in [0.25, 0.3) is 0 Å². The van der Waals surface area contributed by atoms with Crippen molar-refractivity contribution in [2.24, 2.45) is 0 Å². The van der Waals surface area contributed by atoms with Crippen molar-refractivity contribution in [3.63, 3.8) is 0 Å². The summed E-state index contributed by atoms with van der Waals surface area (Å²) in [5, 5.41) is 17.9. The number of aromatic nitrogens is 5. The lowest BCUT2D eigenvalue weighted by molar-refractivity contribution is -0.109. The van der Waals surface area contributed by atoms with Crippen LogP contribution >= 0.6 is 0 Å². The highest BCUT2D eigenvalue weighted by molar-refractivity contribution is 5.99. The zero-order valence-electron chi connectivity index (χ0n) is 20.3. The molecule has 0 aliphatic carbocycles. The van der Waals surface area contributed by atoms with Gasteiger partial charge in [-0.05, 0) is 42.9 Å². The number of rotatable bonds is 11. The maximum absolute atomic E-state index is 10.8. The molecular weight excluding hydrogens is 454 g/mol. The summed E-state index contributed by atoms with van der Waals surface area (Å²) in [6, 6.07) is 11.9. The molecule has 0 atom stereocenters. The number of carbonyl (C=O) groups is 1. The second-order valence-corrected chi connectivity index (χ2v) is 8.22. The number of benzene rings is 1. The van der Waals surface area contributed by atoms with E-state index in [1.54, 1.807) is 24.3 Å². The molecule has 3 heterocycles. The molecule has 0 saturated heterocycles. The molecule has 0 unspecified atom stereocenters. The molecule has 182 valence electrons. The van der Waals surface area contributed by atoms with E-state index in [1.165, 1.54) is 0 Å². The molecule has 4 aromatic rings. The third kappa shape index (κ3) is 5.03. The van der Waals surface area contributed by atoms with Crippen molar-refractivity contribution in [2.75, 3.05) is 13.7 Å². The van der Waals surface area contributed by atoms with Crippen molar-refractivity contribution in [2.45, 2.75) is 26.2 Å². The smallest absolute Gasteiger partial charge is 0.207 e. The average molecular weight is 482 g/mol. The van der Waals surface area contributed by atoms with Crippen LogP contribution in [0.5, 0.6) is 5.75 Å². The largest absolute Gasteiger partial charge is 0.494 e. The molecule has 9 nitrogen and oxygen atoms in total. The number of pyridine rings is 1. The first-order valence-electron chi connectivity index (χ1n) is 11.5. The molecule has 0 radical (unpaired) electrons. The number of nitrogens with zero attached hydrogens (tertiary/aromatic N) is 5. The van der Waals surface area contributed by atoms with Gasteiger partial charge in [0, 0.05) is 18.3 Å². The molecule has 1 amide bonds. The fourth-order valence-electron chi connectivity index (χ4n) is 4.21. The average Bonchev–Trinajstić information content (AvgIpc) is 3.54. The molecule has 2 N–H and O–H groups in total. The Morgan fingerprint density at radius 2 is 2.06 bits per heavy atom. The minimum atomic E-state index is 0.455. The number of carbonyl (C=O) groups excluding carboxylic acids is 1. The monoisotopic (exact) mass is 481 g/mol. The van der Waals surface area contributed by atoms with Crippen LogP contribution in [-0.2, 0) is 4.79 Å². The SMILES string of the molecule is C=C(CC/C(CCNC=O)=C(\C#N)c1ccccc1)c1c[nH]c2c(-n3cnc(C)n3)ncc(OC)c12. The Bertz CT molecular complexity index is 1460. The molecule has 0 spiro atoms. The summed E-state index contributed by atoms with van der Waals surface area (Å²) >= 11 is 0. The van der Waals surface area contributed by atoms with Crippen molar-refractivity contribution in [3.8, 4) is 17.6 Å². The first kappa shape index (κ1) is 24.4. The molecule has 4 rings (SSSR count). The summed E-state index contributed by atoms with van der Waals surface area (Å²) in [4.78, 5) is 22.8. The summed E-state index contributed by atoms with van der Waals surface area (Å²) in [5.74, 6) is 1.88. The quantitative estimate of drug-likeness (QED) is 0.186. The Hall–Kier alpha value is -4.71. The third-order valence-corrected chi connectivity index (χ3v) is 5.99. The lowest BCUT2D eigenvalue weighted by Gasteiger charge is -2.13. The summed E-state index contributed by atoms with van der Waals surface area (Å²) in [5.41, 5.74) is 5.01. The molecule has 36 heavy (non-hydrogen) atoms. The minimum Gasteiger partial charge on any atom is -0.494 e. The van der Waals surface area contributed by atoms with Gasteiger partial charge in [0.1, 0.15) is 17.9 Å². The summed E-state index contributed by atoms with van der Waals surface area (Å²) in [6.45, 7) is 6.62. The predicted molar refractivity (Wildman–Crippen MR) is 138 cm³/mol. The van der Waals surface area contributed by atoms with Crippen LogP contribution < -0.4 is 10.1 Å². The minimum absolute atomic E-state index is 0.455. The molecule has 0 aliphatic heterocycles. The number of allylic oxidation sites excluding steroid dienone is 2. The molecule has 1 aromatic carbocycles. The summed E-state index contributed by atoms with van der Waals surface area (Å²) in [6.07, 6.45) is 7.66. The molecule has 0 bridgehead atoms. The van der Waals surface area contributed by atoms with E-state index in [0.717, 1.165) is 33.2 Å². The number of hydrogen-bond donors (Lipinski definition) is 2. The first-order chi connectivity index (χ1) is 17.6. The first-order valence-corrected chi connectivity index (χ1v) is 11.5. The van der Waals surface area contributed by atoms with Gasteiger partial charge in [-0.3, -0.25) is 4.79 Å². The number of methoxy groups -OCH3 is 1. The van der Waals surface area contributed by atoms with Gasteiger partial charge >= 0.3 is 0 Å². The van der Waals surface area contributed by atoms with Crippen molar-refractivity contribution >= 4 is 28.5 Å². The molecular formula is C27H27N7O2. The molecule has 9 heteroatoms. The van der Waals surface area contributed by atoms with E-state index >= 15 is 0 Å². The Balaban J connectivity index is 1.66. The van der Waals surface area contributed by atoms with Gasteiger partial charge in [-0.2, -0.15) is 10.4 Å². The number of ether oxygens (including phenoxy) is 1. The van der Waals surface area contributed by atoms with Crippen molar-refractivity contribution in [3.05, 3.63) is 78.2 Å². The molecule has 0 aliphatic rings. The van der Waals surface area contributed by atoms with Crippen LogP contribution in [0.3, 0.4) is 0 Å². The zero-order valence-corrected chi connectivity index (χ0v) is 20.3. The van der Waals surface area contributed by atoms with Crippen LogP contribution in [0.15, 0.2) is 61.2 Å². The number of nitriles is 1. The highest BCUT2D eigenvalue weighted by atomic mass is 16.5. The van der Waals surface area contributed by atoms with Crippen LogP contribution in [0.2, 0.25) is 0 Å². The van der Waals surface area contributed by atoms with Crippen molar-refractivity contribution in [1.82, 2.24) is 30.0 Å². The van der Waals surface area contributed by atoms with E-state index < -0.39 is 0 Å². The van der Waals surface area contributed by atoms with Gasteiger partial charge in [0.15, 0.2) is 5.82 Å². The number of fused-ring (bicyclic) bond motifs is 1. The lowest BCUT2D eigenvalue weighted by atomic mass is 9.92. The van der Waals surface area contributed by atoms with Gasteiger partial charge in [0.05, 0.1) is 35.9 Å². The fraction of sp³-hybridized carbons (Fsp3) is 0.222. The highest BCUT2D eigenvalue weighted by Crippen LogP contribution is 2.36. The van der Waals surface area contributed by atoms with E-state index in [2.05, 4.69) is 38.0 Å². The number of aryl methyl sites for hydroxylation is 1. The van der Waals surface area contributed by atoms with Gasteiger partial charge in [0.2, 0.25) is 6.41 Å². The number of hydrogen-bond acceptors (Lipinski definition) is 6. The Morgan fingerprint density at radius 1 is 1.25 bits per heavy atom. The maximum atomic E-state index is 10.8. The lowest BCUT2D eigenvalue weighted by Crippen LogP contribution is -2.13. The third-order valence-electron chi connectivity index (χ3n) is 5.99. The standard InChI is InChI=1S/C27H27N7O2/c1-18(9-10-21(11-12-29-17-35)22(13-28)20-7-5-4-6-8-20)23-14-30-26-25(23)24(36-3)15-31-27(26)34-16-32-19(2)33-34/h4-8,14-17,30H,1,9-12H2,2-3H3,(H,29,35)/b22-21-. The Kier molecular flexibility index (Phi) is 7.56. The highest BCUT2D eigenvalue weighted by Gasteiger charge is 2.19. The van der Waals surface area contributed by atoms with E-state index in [4.69, 9.17) is 4.74 Å². The van der Waals surface area contributed by atoms with Crippen LogP contribution in [0.1, 0.15) is 36.2 Å². The second-order valence-electron chi connectivity index (χ2n) is 8.22. The second kappa shape index (κ2) is 11.1. The Labute approximate surface area is 209 Å². The van der Waals surface area contributed by atoms with Crippen molar-refractivity contribution < 1.29 is 9.53 Å². The topological polar surface area (TPSA) is 122 Å². The van der Waals surface area contributed by atoms with Crippen LogP contribution in [0, 0.1) is 18.3 Å². The fourth-order valence-corrected chi connectivity index (χ4v) is 4.21. The molecule has 0 saturated carbocycles. The number of aromatic amines is 1. The number of H-pyrrole nitrogens is 1. The van der Waals surface area contributed by atoms with Gasteiger partial charge < -0.3 is 15.0 Å². The summed E-state index contributed by atoms with van der Waals surface area (Å²) < 4.78 is 7.24. The molecule has 0 fully saturated rings. The van der Waals surface area contributed by atoms with Crippen LogP contribution in [0.25, 0.3) is 27.9 Å². The summed E-state index contributed by atoms with van der Waals surface area (Å²) in [7, 11) is 1.61. The van der Waals surface area contributed by atoms with E-state index in [-0.39, 0.29) is 0 Å². The number of amides is 1. The van der Waals surface area contributed by atoms with Crippen molar-refractivity contribution in [1.29, 1.82) is 5.26 Å². The number of nitrogens with one attached hydrogen (secondary N) is 2. The van der Waals surface area contributed by atoms with Crippen LogP contribution in [0.4, 0.5) is 0 Å². The zero-order chi connectivity index (χ0) is 25.5. The Morgan fingerprint density at radius 3 is 2.72 bits per heavy atom. The normalized spacial score (nSPS) is 11.6. The maximum Gasteiger partial charge on any atom is 0.207 e. The van der Waals surface area contributed by atoms with Crippen LogP contribution in [-0.4, -0.2) is 44.8 Å². The van der Waals surface area contributed by atoms with E-state index in [9.17, 15) is 10.1 Å². The molecule has 3 aromatic heterocycles. The van der Waals surface area contributed by atoms with Gasteiger partial charge in [-0.15, -0.1) is 0 Å². The van der Waals surface area contributed by atoms with E-state index in [1.807, 2.05) is 43.5 Å². The van der Waals surface area contributed by atoms with Gasteiger partial charge in [-0.1, -0.05) is 36.9 Å².